The first-order valence-electron chi connectivity index (χ1n) is 8.33. The Bertz CT molecular complexity index is 623. The van der Waals surface area contributed by atoms with Gasteiger partial charge in [0.05, 0.1) is 0 Å². The molecule has 108 valence electrons. The zero-order chi connectivity index (χ0) is 14.1. The molecule has 1 heteroatoms. The minimum Gasteiger partial charge on any atom is -0.385 e. The monoisotopic (exact) mass is 277 g/mol. The van der Waals surface area contributed by atoms with Crippen molar-refractivity contribution >= 4 is 5.69 Å². The first-order valence-corrected chi connectivity index (χ1v) is 8.33. The van der Waals surface area contributed by atoms with Crippen molar-refractivity contribution in [1.82, 2.24) is 0 Å². The summed E-state index contributed by atoms with van der Waals surface area (Å²) in [5, 5.41) is 3.60. The van der Waals surface area contributed by atoms with Crippen molar-refractivity contribution in [2.45, 2.75) is 44.4 Å². The lowest BCUT2D eigenvalue weighted by Gasteiger charge is -2.26. The van der Waals surface area contributed by atoms with Gasteiger partial charge in [-0.05, 0) is 60.3 Å². The predicted molar refractivity (Wildman–Crippen MR) is 89.1 cm³/mol. The lowest BCUT2D eigenvalue weighted by atomic mass is 9.80. The molecule has 1 aliphatic heterocycles. The Morgan fingerprint density at radius 1 is 0.952 bits per heavy atom. The van der Waals surface area contributed by atoms with Crippen LogP contribution in [0.2, 0.25) is 0 Å². The topological polar surface area (TPSA) is 12.0 Å². The first-order chi connectivity index (χ1) is 10.4. The van der Waals surface area contributed by atoms with E-state index in [1.54, 1.807) is 5.56 Å². The number of aryl methyl sites for hydroxylation is 1. The van der Waals surface area contributed by atoms with Gasteiger partial charge in [0.1, 0.15) is 0 Å². The largest absolute Gasteiger partial charge is 0.385 e. The number of hydrogen-bond acceptors (Lipinski definition) is 1. The molecule has 0 atom stereocenters. The van der Waals surface area contributed by atoms with E-state index in [0.717, 1.165) is 18.9 Å². The fourth-order valence-corrected chi connectivity index (χ4v) is 3.60. The number of nitrogens with one attached hydrogen (secondary N) is 1. The molecule has 2 aromatic carbocycles. The van der Waals surface area contributed by atoms with E-state index in [-0.39, 0.29) is 0 Å². The van der Waals surface area contributed by atoms with E-state index in [1.165, 1.54) is 54.5 Å². The van der Waals surface area contributed by atoms with Crippen molar-refractivity contribution in [2.75, 3.05) is 11.9 Å². The van der Waals surface area contributed by atoms with Gasteiger partial charge in [-0.2, -0.15) is 0 Å². The maximum Gasteiger partial charge on any atom is 0.0408 e. The summed E-state index contributed by atoms with van der Waals surface area (Å²) < 4.78 is 0. The Kier molecular flexibility index (Phi) is 3.42. The van der Waals surface area contributed by atoms with Crippen molar-refractivity contribution in [2.24, 2.45) is 0 Å². The third kappa shape index (κ3) is 2.57. The van der Waals surface area contributed by atoms with Gasteiger partial charge < -0.3 is 5.32 Å². The number of rotatable bonds is 3. The molecule has 2 aliphatic rings. The minimum absolute atomic E-state index is 0.838. The molecule has 0 spiro atoms. The number of para-hydroxylation sites is 1. The maximum atomic E-state index is 3.60. The van der Waals surface area contributed by atoms with Crippen molar-refractivity contribution in [3.05, 3.63) is 64.7 Å². The zero-order valence-corrected chi connectivity index (χ0v) is 12.6. The van der Waals surface area contributed by atoms with Gasteiger partial charge in [0, 0.05) is 12.2 Å². The lowest BCUT2D eigenvalue weighted by molar-refractivity contribution is 0.419. The molecule has 2 aromatic rings. The van der Waals surface area contributed by atoms with Gasteiger partial charge in [-0.15, -0.1) is 0 Å². The molecule has 1 heterocycles. The Morgan fingerprint density at radius 3 is 2.57 bits per heavy atom. The van der Waals surface area contributed by atoms with Crippen molar-refractivity contribution in [3.8, 4) is 0 Å². The third-order valence-corrected chi connectivity index (χ3v) is 5.11. The second-order valence-electron chi connectivity index (χ2n) is 6.53. The molecule has 0 bridgehead atoms. The number of benzene rings is 2. The van der Waals surface area contributed by atoms with E-state index in [1.807, 2.05) is 0 Å². The molecule has 0 aromatic heterocycles. The average Bonchev–Trinajstić information content (AvgIpc) is 2.48. The molecule has 1 saturated carbocycles. The lowest BCUT2D eigenvalue weighted by Crippen LogP contribution is -2.13. The van der Waals surface area contributed by atoms with Gasteiger partial charge in [0.15, 0.2) is 0 Å². The van der Waals surface area contributed by atoms with Crippen LogP contribution in [0, 0.1) is 0 Å². The van der Waals surface area contributed by atoms with Gasteiger partial charge >= 0.3 is 0 Å². The molecule has 0 saturated heterocycles. The molecule has 0 amide bonds. The summed E-state index contributed by atoms with van der Waals surface area (Å²) in [5.74, 6) is 0.838. The average molecular weight is 277 g/mol. The minimum atomic E-state index is 0.838. The summed E-state index contributed by atoms with van der Waals surface area (Å²) >= 11 is 0. The fraction of sp³-hybridized carbons (Fsp3) is 0.400. The number of anilines is 1. The molecule has 1 fully saturated rings. The Balaban J connectivity index is 1.55. The summed E-state index contributed by atoms with van der Waals surface area (Å²) in [6, 6.07) is 16.1. The van der Waals surface area contributed by atoms with Gasteiger partial charge in [0.25, 0.3) is 0 Å². The normalized spacial score (nSPS) is 17.7. The SMILES string of the molecule is c1cc2c(c(Cc3ccc(C4CCC4)cc3)c1)NCCC2. The van der Waals surface area contributed by atoms with E-state index < -0.39 is 0 Å². The van der Waals surface area contributed by atoms with E-state index >= 15 is 0 Å². The van der Waals surface area contributed by atoms with Crippen LogP contribution in [0.4, 0.5) is 5.69 Å². The molecule has 1 nitrogen and oxygen atoms in total. The van der Waals surface area contributed by atoms with Crippen LogP contribution in [-0.4, -0.2) is 6.54 Å². The quantitative estimate of drug-likeness (QED) is 0.841. The highest BCUT2D eigenvalue weighted by molar-refractivity contribution is 5.60. The molecular formula is C20H23N. The maximum absolute atomic E-state index is 3.60. The van der Waals surface area contributed by atoms with Gasteiger partial charge in [-0.3, -0.25) is 0 Å². The second-order valence-corrected chi connectivity index (χ2v) is 6.53. The van der Waals surface area contributed by atoms with Crippen molar-refractivity contribution < 1.29 is 0 Å². The fourth-order valence-electron chi connectivity index (χ4n) is 3.60. The van der Waals surface area contributed by atoms with Gasteiger partial charge in [0.2, 0.25) is 0 Å². The third-order valence-electron chi connectivity index (χ3n) is 5.11. The number of fused-ring (bicyclic) bond motifs is 1. The van der Waals surface area contributed by atoms with Crippen LogP contribution in [0.15, 0.2) is 42.5 Å². The highest BCUT2D eigenvalue weighted by Gasteiger charge is 2.19. The highest BCUT2D eigenvalue weighted by atomic mass is 14.9. The van der Waals surface area contributed by atoms with E-state index in [0.29, 0.717) is 0 Å². The molecule has 0 unspecified atom stereocenters. The highest BCUT2D eigenvalue weighted by Crippen LogP contribution is 2.36. The summed E-state index contributed by atoms with van der Waals surface area (Å²) in [7, 11) is 0. The van der Waals surface area contributed by atoms with E-state index in [4.69, 9.17) is 0 Å². The van der Waals surface area contributed by atoms with Crippen LogP contribution in [0.5, 0.6) is 0 Å². The Labute approximate surface area is 127 Å². The van der Waals surface area contributed by atoms with Crippen LogP contribution < -0.4 is 5.32 Å². The summed E-state index contributed by atoms with van der Waals surface area (Å²) in [6.07, 6.45) is 7.70. The predicted octanol–water partition coefficient (Wildman–Crippen LogP) is 4.90. The Morgan fingerprint density at radius 2 is 1.81 bits per heavy atom. The zero-order valence-electron chi connectivity index (χ0n) is 12.6. The molecule has 21 heavy (non-hydrogen) atoms. The van der Waals surface area contributed by atoms with E-state index in [9.17, 15) is 0 Å². The van der Waals surface area contributed by atoms with Crippen LogP contribution in [0.1, 0.15) is 53.9 Å². The molecule has 1 aliphatic carbocycles. The second kappa shape index (κ2) is 5.55. The van der Waals surface area contributed by atoms with Crippen LogP contribution >= 0.6 is 0 Å². The standard InChI is InChI=1S/C20H23N/c1-4-16(5-1)17-11-9-15(10-12-17)14-19-7-2-6-18-8-3-13-21-20(18)19/h2,6-7,9-12,16,21H,1,3-5,8,13-14H2. The summed E-state index contributed by atoms with van der Waals surface area (Å²) in [6.45, 7) is 1.12. The van der Waals surface area contributed by atoms with Crippen molar-refractivity contribution in [1.29, 1.82) is 0 Å². The smallest absolute Gasteiger partial charge is 0.0408 e. The molecule has 4 rings (SSSR count). The number of hydrogen-bond donors (Lipinski definition) is 1. The molecule has 0 radical (unpaired) electrons. The van der Waals surface area contributed by atoms with Gasteiger partial charge in [-0.1, -0.05) is 48.9 Å². The molecule has 1 N–H and O–H groups in total. The molecular weight excluding hydrogens is 254 g/mol. The van der Waals surface area contributed by atoms with Crippen LogP contribution in [-0.2, 0) is 12.8 Å². The Hall–Kier alpha value is -1.76. The van der Waals surface area contributed by atoms with E-state index in [2.05, 4.69) is 47.8 Å². The van der Waals surface area contributed by atoms with Crippen LogP contribution in [0.25, 0.3) is 0 Å². The van der Waals surface area contributed by atoms with Crippen LogP contribution in [0.3, 0.4) is 0 Å². The summed E-state index contributed by atoms with van der Waals surface area (Å²) in [5.41, 5.74) is 7.30. The van der Waals surface area contributed by atoms with Crippen molar-refractivity contribution in [3.63, 3.8) is 0 Å². The van der Waals surface area contributed by atoms with Gasteiger partial charge in [-0.25, -0.2) is 0 Å². The first kappa shape index (κ1) is 12.9. The summed E-state index contributed by atoms with van der Waals surface area (Å²) in [4.78, 5) is 0.